The molecule has 4 unspecified atom stereocenters. The SMILES string of the molecule is CC(C)CCCC(C)CCC1(CCC(C)CCCC(C)C)c2cc(-c3nc4ccccc4s3)ccc2-c2ccc(N3CCN(c4ccc5c(c4)C(CCC(C)CCCC(C)C)(CCC(C)CCCC(C)C)c4cc(-c6nc7ccccc7s6)ccc4-5)CC3)cc21. The summed E-state index contributed by atoms with van der Waals surface area (Å²) in [6, 6.07) is 47.9. The predicted molar refractivity (Wildman–Crippen MR) is 395 cm³/mol. The summed E-state index contributed by atoms with van der Waals surface area (Å²) in [6.45, 7) is 33.4. The first-order valence-electron chi connectivity index (χ1n) is 36.3. The zero-order valence-corrected chi connectivity index (χ0v) is 59.4. The fourth-order valence-electron chi connectivity index (χ4n) is 16.2. The third kappa shape index (κ3) is 15.2. The third-order valence-electron chi connectivity index (χ3n) is 21.9. The van der Waals surface area contributed by atoms with Crippen LogP contribution in [0.1, 0.15) is 234 Å². The van der Waals surface area contributed by atoms with Crippen molar-refractivity contribution in [1.29, 1.82) is 0 Å². The minimum Gasteiger partial charge on any atom is -0.368 e. The molecule has 2 aliphatic carbocycles. The highest BCUT2D eigenvalue weighted by atomic mass is 32.1. The van der Waals surface area contributed by atoms with Gasteiger partial charge in [-0.1, -0.05) is 221 Å². The summed E-state index contributed by atoms with van der Waals surface area (Å²) < 4.78 is 2.54. The summed E-state index contributed by atoms with van der Waals surface area (Å²) in [5.74, 6) is 5.78. The lowest BCUT2D eigenvalue weighted by Crippen LogP contribution is -2.46. The lowest BCUT2D eigenvalue weighted by molar-refractivity contribution is 0.327. The molecule has 0 bridgehead atoms. The minimum absolute atomic E-state index is 0.0603. The van der Waals surface area contributed by atoms with Crippen molar-refractivity contribution in [2.75, 3.05) is 36.0 Å². The van der Waals surface area contributed by atoms with Gasteiger partial charge in [0.15, 0.2) is 0 Å². The highest BCUT2D eigenvalue weighted by Crippen LogP contribution is 2.59. The van der Waals surface area contributed by atoms with E-state index < -0.39 is 0 Å². The van der Waals surface area contributed by atoms with Crippen LogP contribution in [0.15, 0.2) is 121 Å². The molecule has 0 spiro atoms. The van der Waals surface area contributed by atoms with Gasteiger partial charge in [0.1, 0.15) is 10.0 Å². The Kier molecular flexibility index (Phi) is 21.9. The molecule has 1 fully saturated rings. The number of thiazole rings is 2. The lowest BCUT2D eigenvalue weighted by Gasteiger charge is -2.39. The third-order valence-corrected chi connectivity index (χ3v) is 24.1. The van der Waals surface area contributed by atoms with Gasteiger partial charge in [0.25, 0.3) is 0 Å². The standard InChI is InChI=1S/C84H112N4S2/c1-57(2)21-17-25-61(9)41-45-83(46-42-62(10)26-18-22-58(3)4)73-53-65(81-85-77-29-13-15-31-79(77)89-81)33-37-69(73)71-39-35-67(55-75(71)83)87-49-51-88(52-50-87)68-36-40-72-70-38-34-66(82-86-78-30-14-16-32-80(78)90-82)54-74(70)84(76(72)56-68,47-43-63(11)27-19-23-59(5)6)48-44-64(12)28-20-24-60(7)8/h13-16,29-40,53-64H,17-28,41-52H2,1-12H3. The highest BCUT2D eigenvalue weighted by Gasteiger charge is 2.46. The van der Waals surface area contributed by atoms with Gasteiger partial charge in [-0.25, -0.2) is 9.97 Å². The summed E-state index contributed by atoms with van der Waals surface area (Å²) in [5, 5.41) is 2.29. The molecule has 480 valence electrons. The van der Waals surface area contributed by atoms with Gasteiger partial charge in [-0.3, -0.25) is 0 Å². The van der Waals surface area contributed by atoms with Crippen LogP contribution in [0.25, 0.3) is 63.8 Å². The van der Waals surface area contributed by atoms with Crippen LogP contribution in [0.4, 0.5) is 11.4 Å². The van der Waals surface area contributed by atoms with Gasteiger partial charge in [0, 0.05) is 59.5 Å². The van der Waals surface area contributed by atoms with E-state index in [-0.39, 0.29) is 10.8 Å². The van der Waals surface area contributed by atoms with Crippen molar-refractivity contribution in [1.82, 2.24) is 9.97 Å². The lowest BCUT2D eigenvalue weighted by atomic mass is 9.68. The molecule has 90 heavy (non-hydrogen) atoms. The quantitative estimate of drug-likeness (QED) is 0.0421. The van der Waals surface area contributed by atoms with E-state index in [0.29, 0.717) is 23.7 Å². The number of para-hydroxylation sites is 2. The van der Waals surface area contributed by atoms with E-state index in [4.69, 9.17) is 9.97 Å². The van der Waals surface area contributed by atoms with E-state index in [1.54, 1.807) is 22.3 Å². The first kappa shape index (κ1) is 66.2. The van der Waals surface area contributed by atoms with E-state index in [9.17, 15) is 0 Å². The zero-order valence-electron chi connectivity index (χ0n) is 57.7. The first-order chi connectivity index (χ1) is 43.5. The Morgan fingerprint density at radius 3 is 0.956 bits per heavy atom. The second kappa shape index (κ2) is 29.8. The average Bonchev–Trinajstić information content (AvgIpc) is 1.57. The number of fused-ring (bicyclic) bond motifs is 8. The summed E-state index contributed by atoms with van der Waals surface area (Å²) in [5.41, 5.74) is 19.6. The number of rotatable bonds is 32. The van der Waals surface area contributed by atoms with Crippen molar-refractivity contribution in [3.05, 3.63) is 144 Å². The Hall–Kier alpha value is -5.30. The van der Waals surface area contributed by atoms with Crippen molar-refractivity contribution >= 4 is 54.5 Å². The van der Waals surface area contributed by atoms with E-state index >= 15 is 0 Å². The van der Waals surface area contributed by atoms with Crippen LogP contribution in [0, 0.1) is 47.3 Å². The van der Waals surface area contributed by atoms with Gasteiger partial charge in [-0.05, 0) is 204 Å². The fraction of sp³-hybridized carbons (Fsp3) is 0.548. The molecule has 6 aromatic carbocycles. The van der Waals surface area contributed by atoms with Crippen molar-refractivity contribution in [3.63, 3.8) is 0 Å². The van der Waals surface area contributed by atoms with Gasteiger partial charge in [0.05, 0.1) is 20.4 Å². The fourth-order valence-corrected chi connectivity index (χ4v) is 18.1. The van der Waals surface area contributed by atoms with Gasteiger partial charge in [-0.15, -0.1) is 22.7 Å². The predicted octanol–water partition coefficient (Wildman–Crippen LogP) is 25.1. The van der Waals surface area contributed by atoms with Crippen molar-refractivity contribution in [2.45, 2.75) is 222 Å². The summed E-state index contributed by atoms with van der Waals surface area (Å²) in [7, 11) is 0. The van der Waals surface area contributed by atoms with E-state index in [1.165, 1.54) is 183 Å². The van der Waals surface area contributed by atoms with Crippen LogP contribution in [0.5, 0.6) is 0 Å². The molecule has 1 saturated heterocycles. The van der Waals surface area contributed by atoms with Gasteiger partial charge < -0.3 is 9.80 Å². The Bertz CT molecular complexity index is 3270. The Labute approximate surface area is 553 Å². The number of hydrogen-bond donors (Lipinski definition) is 0. The Morgan fingerprint density at radius 2 is 0.644 bits per heavy atom. The van der Waals surface area contributed by atoms with Crippen molar-refractivity contribution in [3.8, 4) is 43.4 Å². The smallest absolute Gasteiger partial charge is 0.124 e. The average molecular weight is 1240 g/mol. The molecule has 0 N–H and O–H groups in total. The highest BCUT2D eigenvalue weighted by molar-refractivity contribution is 7.22. The summed E-state index contributed by atoms with van der Waals surface area (Å²) in [4.78, 5) is 16.0. The van der Waals surface area contributed by atoms with Crippen LogP contribution in [0.3, 0.4) is 0 Å². The topological polar surface area (TPSA) is 32.3 Å². The number of nitrogens with zero attached hydrogens (tertiary/aromatic N) is 4. The molecule has 3 aliphatic rings. The molecule has 0 amide bonds. The van der Waals surface area contributed by atoms with Crippen molar-refractivity contribution < 1.29 is 0 Å². The van der Waals surface area contributed by atoms with Crippen molar-refractivity contribution in [2.24, 2.45) is 47.3 Å². The molecular weight excluding hydrogens is 1130 g/mol. The van der Waals surface area contributed by atoms with Gasteiger partial charge in [0.2, 0.25) is 0 Å². The van der Waals surface area contributed by atoms with Crippen LogP contribution in [-0.2, 0) is 10.8 Å². The molecule has 6 heteroatoms. The van der Waals surface area contributed by atoms with Crippen LogP contribution < -0.4 is 9.80 Å². The molecule has 0 saturated carbocycles. The number of aromatic nitrogens is 2. The van der Waals surface area contributed by atoms with E-state index in [0.717, 1.165) is 70.9 Å². The maximum atomic E-state index is 5.27. The molecule has 3 heterocycles. The largest absolute Gasteiger partial charge is 0.368 e. The Morgan fingerprint density at radius 1 is 0.344 bits per heavy atom. The van der Waals surface area contributed by atoms with E-state index in [2.05, 4.69) is 214 Å². The number of hydrogen-bond acceptors (Lipinski definition) is 6. The van der Waals surface area contributed by atoms with Gasteiger partial charge >= 0.3 is 0 Å². The summed E-state index contributed by atoms with van der Waals surface area (Å²) in [6.07, 6.45) is 25.6. The van der Waals surface area contributed by atoms with E-state index in [1.807, 2.05) is 22.7 Å². The molecule has 4 nitrogen and oxygen atoms in total. The second-order valence-electron chi connectivity index (χ2n) is 31.0. The number of anilines is 2. The molecular formula is C84H112N4S2. The van der Waals surface area contributed by atoms with Crippen LogP contribution in [0.2, 0.25) is 0 Å². The molecule has 11 rings (SSSR count). The number of benzene rings is 6. The molecule has 0 radical (unpaired) electrons. The molecule has 4 atom stereocenters. The maximum absolute atomic E-state index is 5.27. The van der Waals surface area contributed by atoms with Gasteiger partial charge in [-0.2, -0.15) is 0 Å². The maximum Gasteiger partial charge on any atom is 0.124 e. The first-order valence-corrected chi connectivity index (χ1v) is 37.9. The normalized spacial score (nSPS) is 18.5. The molecule has 8 aromatic rings. The second-order valence-corrected chi connectivity index (χ2v) is 33.0. The summed E-state index contributed by atoms with van der Waals surface area (Å²) >= 11 is 3.70. The zero-order chi connectivity index (χ0) is 63.1. The Balaban J connectivity index is 0.916. The number of piperazine rings is 1. The minimum atomic E-state index is -0.0603. The monoisotopic (exact) mass is 1240 g/mol. The molecule has 1 aliphatic heterocycles. The van der Waals surface area contributed by atoms with Crippen LogP contribution >= 0.6 is 22.7 Å². The molecule has 2 aromatic heterocycles. The van der Waals surface area contributed by atoms with Crippen LogP contribution in [-0.4, -0.2) is 36.1 Å².